The van der Waals surface area contributed by atoms with Crippen LogP contribution < -0.4 is 0 Å². The number of rotatable bonds is 9. The Kier molecular flexibility index (Phi) is 7.64. The number of hydrogen-bond acceptors (Lipinski definition) is 5. The Hall–Kier alpha value is -1.09. The Balaban J connectivity index is 1.82. The molecule has 0 aliphatic carbocycles. The molecule has 1 saturated heterocycles. The first-order valence-corrected chi connectivity index (χ1v) is 13.0. The second-order valence-electron chi connectivity index (χ2n) is 8.10. The van der Waals surface area contributed by atoms with Gasteiger partial charge in [0.1, 0.15) is 0 Å². The average Bonchev–Trinajstić information content (AvgIpc) is 3.04. The van der Waals surface area contributed by atoms with Gasteiger partial charge < -0.3 is 9.47 Å². The number of imidazole rings is 1. The Morgan fingerprint density at radius 3 is 2.76 bits per heavy atom. The van der Waals surface area contributed by atoms with E-state index in [2.05, 4.69) is 23.4 Å². The van der Waals surface area contributed by atoms with E-state index in [0.717, 1.165) is 41.3 Å². The van der Waals surface area contributed by atoms with Crippen LogP contribution >= 0.6 is 11.8 Å². The van der Waals surface area contributed by atoms with Crippen molar-refractivity contribution in [2.24, 2.45) is 0 Å². The van der Waals surface area contributed by atoms with Gasteiger partial charge in [-0.25, -0.2) is 17.7 Å². The van der Waals surface area contributed by atoms with Gasteiger partial charge in [-0.05, 0) is 57.5 Å². The van der Waals surface area contributed by atoms with Crippen LogP contribution in [0.5, 0.6) is 0 Å². The van der Waals surface area contributed by atoms with Crippen LogP contribution in [0.3, 0.4) is 0 Å². The highest BCUT2D eigenvalue weighted by molar-refractivity contribution is 7.99. The molecular weight excluding hydrogens is 404 g/mol. The number of thioether (sulfide) groups is 1. The highest BCUT2D eigenvalue weighted by Gasteiger charge is 2.21. The highest BCUT2D eigenvalue weighted by Crippen LogP contribution is 2.29. The summed E-state index contributed by atoms with van der Waals surface area (Å²) in [6.45, 7) is 4.30. The van der Waals surface area contributed by atoms with Crippen LogP contribution in [0.1, 0.15) is 45.4 Å². The lowest BCUT2D eigenvalue weighted by Gasteiger charge is -2.32. The number of hydrogen-bond donors (Lipinski definition) is 0. The number of benzene rings is 1. The molecule has 2 heterocycles. The van der Waals surface area contributed by atoms with Gasteiger partial charge >= 0.3 is 0 Å². The topological polar surface area (TPSA) is 58.4 Å². The molecule has 1 aliphatic heterocycles. The van der Waals surface area contributed by atoms with Gasteiger partial charge in [0.25, 0.3) is 0 Å². The standard InChI is InChI=1S/C21H34N4O2S2/c1-5-6-14-25-20-11-10-18(29(26,27)23(2)3)16-19(20)22-21(25)28-15-12-17-9-7-8-13-24(17)4/h10-11,16-17H,5-9,12-15H2,1-4H3. The average molecular weight is 439 g/mol. The summed E-state index contributed by atoms with van der Waals surface area (Å²) in [5.41, 5.74) is 1.79. The fourth-order valence-corrected chi connectivity index (χ4v) is 5.90. The molecule has 0 radical (unpaired) electrons. The molecular formula is C21H34N4O2S2. The van der Waals surface area contributed by atoms with Crippen molar-refractivity contribution in [3.05, 3.63) is 18.2 Å². The van der Waals surface area contributed by atoms with Gasteiger partial charge in [0, 0.05) is 32.4 Å². The lowest BCUT2D eigenvalue weighted by atomic mass is 10.0. The predicted molar refractivity (Wildman–Crippen MR) is 121 cm³/mol. The molecule has 1 atom stereocenters. The SMILES string of the molecule is CCCCn1c(SCCC2CCCCN2C)nc2cc(S(=O)(=O)N(C)C)ccc21. The second kappa shape index (κ2) is 9.81. The molecule has 1 unspecified atom stereocenters. The predicted octanol–water partition coefficient (Wildman–Crippen LogP) is 4.05. The number of piperidine rings is 1. The third-order valence-electron chi connectivity index (χ3n) is 5.80. The van der Waals surface area contributed by atoms with Crippen molar-refractivity contribution in [2.75, 3.05) is 33.4 Å². The van der Waals surface area contributed by atoms with E-state index in [1.54, 1.807) is 38.0 Å². The lowest BCUT2D eigenvalue weighted by molar-refractivity contribution is 0.182. The fourth-order valence-electron chi connectivity index (χ4n) is 3.90. The summed E-state index contributed by atoms with van der Waals surface area (Å²) in [4.78, 5) is 7.62. The van der Waals surface area contributed by atoms with Crippen molar-refractivity contribution in [2.45, 2.75) is 68.1 Å². The van der Waals surface area contributed by atoms with Crippen molar-refractivity contribution in [1.82, 2.24) is 18.8 Å². The van der Waals surface area contributed by atoms with Gasteiger partial charge in [0.05, 0.1) is 15.9 Å². The van der Waals surface area contributed by atoms with Gasteiger partial charge in [-0.2, -0.15) is 0 Å². The van der Waals surface area contributed by atoms with Gasteiger partial charge in [0.2, 0.25) is 10.0 Å². The van der Waals surface area contributed by atoms with Crippen LogP contribution in [-0.2, 0) is 16.6 Å². The summed E-state index contributed by atoms with van der Waals surface area (Å²) in [5.74, 6) is 1.04. The number of sulfonamides is 1. The van der Waals surface area contributed by atoms with Crippen LogP contribution in [-0.4, -0.2) is 66.7 Å². The van der Waals surface area contributed by atoms with Crippen LogP contribution in [0.15, 0.2) is 28.3 Å². The van der Waals surface area contributed by atoms with Gasteiger partial charge in [0.15, 0.2) is 5.16 Å². The van der Waals surface area contributed by atoms with Crippen LogP contribution in [0.2, 0.25) is 0 Å². The van der Waals surface area contributed by atoms with E-state index in [-0.39, 0.29) is 0 Å². The van der Waals surface area contributed by atoms with Gasteiger partial charge in [-0.1, -0.05) is 31.5 Å². The third kappa shape index (κ3) is 5.16. The molecule has 1 fully saturated rings. The number of aromatic nitrogens is 2. The Bertz CT molecular complexity index is 924. The van der Waals surface area contributed by atoms with Crippen molar-refractivity contribution >= 4 is 32.8 Å². The third-order valence-corrected chi connectivity index (χ3v) is 8.62. The Morgan fingerprint density at radius 2 is 2.07 bits per heavy atom. The fraction of sp³-hybridized carbons (Fsp3) is 0.667. The first-order valence-electron chi connectivity index (χ1n) is 10.6. The molecule has 6 nitrogen and oxygen atoms in total. The maximum atomic E-state index is 12.5. The highest BCUT2D eigenvalue weighted by atomic mass is 32.2. The zero-order valence-corrected chi connectivity index (χ0v) is 19.7. The summed E-state index contributed by atoms with van der Waals surface area (Å²) in [7, 11) is 1.90. The number of fused-ring (bicyclic) bond motifs is 1. The van der Waals surface area contributed by atoms with E-state index in [1.165, 1.54) is 36.5 Å². The summed E-state index contributed by atoms with van der Waals surface area (Å²) in [6.07, 6.45) is 7.29. The molecule has 3 rings (SSSR count). The number of aryl methyl sites for hydroxylation is 1. The normalized spacial score (nSPS) is 18.7. The summed E-state index contributed by atoms with van der Waals surface area (Å²) >= 11 is 1.80. The van der Waals surface area contributed by atoms with E-state index >= 15 is 0 Å². The summed E-state index contributed by atoms with van der Waals surface area (Å²) in [6, 6.07) is 5.99. The molecule has 1 aromatic heterocycles. The second-order valence-corrected chi connectivity index (χ2v) is 11.3. The zero-order valence-electron chi connectivity index (χ0n) is 18.1. The zero-order chi connectivity index (χ0) is 21.0. The maximum absolute atomic E-state index is 12.5. The Morgan fingerprint density at radius 1 is 1.28 bits per heavy atom. The minimum Gasteiger partial charge on any atom is -0.319 e. The first kappa shape index (κ1) is 22.6. The van der Waals surface area contributed by atoms with Crippen LogP contribution in [0.25, 0.3) is 11.0 Å². The molecule has 8 heteroatoms. The largest absolute Gasteiger partial charge is 0.319 e. The molecule has 0 bridgehead atoms. The van der Waals surface area contributed by atoms with E-state index in [9.17, 15) is 8.42 Å². The maximum Gasteiger partial charge on any atom is 0.242 e. The molecule has 2 aromatic rings. The van der Waals surface area contributed by atoms with Gasteiger partial charge in [-0.3, -0.25) is 0 Å². The molecule has 29 heavy (non-hydrogen) atoms. The smallest absolute Gasteiger partial charge is 0.242 e. The molecule has 1 aliphatic rings. The van der Waals surface area contributed by atoms with Crippen LogP contribution in [0.4, 0.5) is 0 Å². The quantitative estimate of drug-likeness (QED) is 0.553. The van der Waals surface area contributed by atoms with E-state index in [0.29, 0.717) is 10.9 Å². The van der Waals surface area contributed by atoms with E-state index in [4.69, 9.17) is 4.98 Å². The number of unbranched alkanes of at least 4 members (excludes halogenated alkanes) is 1. The molecule has 162 valence electrons. The van der Waals surface area contributed by atoms with Crippen molar-refractivity contribution in [3.8, 4) is 0 Å². The molecule has 1 aromatic carbocycles. The molecule has 0 saturated carbocycles. The van der Waals surface area contributed by atoms with Gasteiger partial charge in [-0.15, -0.1) is 0 Å². The minimum absolute atomic E-state index is 0.301. The summed E-state index contributed by atoms with van der Waals surface area (Å²) in [5, 5.41) is 1.01. The van der Waals surface area contributed by atoms with Crippen molar-refractivity contribution in [3.63, 3.8) is 0 Å². The Labute approximate surface area is 179 Å². The molecule has 0 amide bonds. The first-order chi connectivity index (χ1) is 13.8. The molecule has 0 N–H and O–H groups in total. The number of likely N-dealkylation sites (tertiary alicyclic amines) is 1. The van der Waals surface area contributed by atoms with E-state index in [1.807, 2.05) is 6.07 Å². The molecule has 0 spiro atoms. The van der Waals surface area contributed by atoms with E-state index < -0.39 is 10.0 Å². The minimum atomic E-state index is -3.45. The number of nitrogens with zero attached hydrogens (tertiary/aromatic N) is 4. The summed E-state index contributed by atoms with van der Waals surface area (Å²) < 4.78 is 28.5. The van der Waals surface area contributed by atoms with Crippen LogP contribution in [0, 0.1) is 0 Å². The lowest BCUT2D eigenvalue weighted by Crippen LogP contribution is -2.36. The monoisotopic (exact) mass is 438 g/mol. The van der Waals surface area contributed by atoms with Crippen molar-refractivity contribution < 1.29 is 8.42 Å². The van der Waals surface area contributed by atoms with Crippen molar-refractivity contribution in [1.29, 1.82) is 0 Å².